The van der Waals surface area contributed by atoms with Crippen molar-refractivity contribution in [1.82, 2.24) is 4.40 Å². The molecule has 0 bridgehead atoms. The molecule has 0 N–H and O–H groups in total. The van der Waals surface area contributed by atoms with Crippen molar-refractivity contribution in [2.45, 2.75) is 25.9 Å². The highest BCUT2D eigenvalue weighted by atomic mass is 19.4. The second-order valence-electron chi connectivity index (χ2n) is 4.46. The summed E-state index contributed by atoms with van der Waals surface area (Å²) in [4.78, 5) is 0. The molecule has 0 fully saturated rings. The zero-order valence-electron chi connectivity index (χ0n) is 10.4. The van der Waals surface area contributed by atoms with E-state index in [0.717, 1.165) is 6.07 Å². The Kier molecular flexibility index (Phi) is 3.00. The van der Waals surface area contributed by atoms with Crippen molar-refractivity contribution in [3.05, 3.63) is 35.7 Å². The molecule has 0 aliphatic heterocycles. The molecule has 2 aromatic heterocycles. The van der Waals surface area contributed by atoms with Gasteiger partial charge >= 0.3 is 6.18 Å². The number of halogens is 3. The van der Waals surface area contributed by atoms with Gasteiger partial charge in [0, 0.05) is 23.5 Å². The predicted octanol–water partition coefficient (Wildman–Crippen LogP) is 4.09. The van der Waals surface area contributed by atoms with Crippen LogP contribution in [0, 0.1) is 0 Å². The predicted molar refractivity (Wildman–Crippen MR) is 63.0 cm³/mol. The van der Waals surface area contributed by atoms with Crippen LogP contribution < -0.4 is 4.74 Å². The minimum absolute atomic E-state index is 0.211. The normalized spacial score (nSPS) is 12.4. The lowest BCUT2D eigenvalue weighted by Crippen LogP contribution is -2.09. The number of fused-ring (bicyclic) bond motifs is 1. The molecule has 0 spiro atoms. The number of nitrogens with zero attached hydrogens (tertiary/aromatic N) is 1. The van der Waals surface area contributed by atoms with Gasteiger partial charge < -0.3 is 9.14 Å². The van der Waals surface area contributed by atoms with Crippen molar-refractivity contribution in [1.29, 1.82) is 0 Å². The van der Waals surface area contributed by atoms with E-state index in [1.54, 1.807) is 36.6 Å². The van der Waals surface area contributed by atoms with E-state index in [2.05, 4.69) is 0 Å². The van der Waals surface area contributed by atoms with E-state index in [0.29, 0.717) is 11.3 Å². The molecule has 0 atom stereocenters. The summed E-state index contributed by atoms with van der Waals surface area (Å²) in [6.07, 6.45) is -2.72. The molecule has 2 aromatic rings. The second kappa shape index (κ2) is 4.23. The van der Waals surface area contributed by atoms with Crippen LogP contribution in [0.2, 0.25) is 0 Å². The smallest absolute Gasteiger partial charge is 0.418 e. The topological polar surface area (TPSA) is 13.6 Å². The Morgan fingerprint density at radius 3 is 2.39 bits per heavy atom. The van der Waals surface area contributed by atoms with Gasteiger partial charge in [0.15, 0.2) is 0 Å². The summed E-state index contributed by atoms with van der Waals surface area (Å²) in [5.41, 5.74) is 0.191. The molecule has 0 amide bonds. The molecule has 0 aliphatic rings. The Morgan fingerprint density at radius 1 is 1.22 bits per heavy atom. The number of alkyl halides is 3. The van der Waals surface area contributed by atoms with Gasteiger partial charge in [0.2, 0.25) is 0 Å². The van der Waals surface area contributed by atoms with Crippen molar-refractivity contribution in [3.63, 3.8) is 0 Å². The first-order chi connectivity index (χ1) is 8.34. The number of hydrogen-bond donors (Lipinski definition) is 0. The van der Waals surface area contributed by atoms with Gasteiger partial charge in [-0.15, -0.1) is 0 Å². The van der Waals surface area contributed by atoms with Gasteiger partial charge in [-0.1, -0.05) is 13.8 Å². The van der Waals surface area contributed by atoms with Crippen LogP contribution in [-0.2, 0) is 6.18 Å². The molecule has 18 heavy (non-hydrogen) atoms. The van der Waals surface area contributed by atoms with Gasteiger partial charge in [-0.2, -0.15) is 13.2 Å². The SMILES string of the molecule is COc1ccn2c(C(C)C)c(C(F)(F)F)cc2c1. The molecule has 0 aromatic carbocycles. The van der Waals surface area contributed by atoms with E-state index in [-0.39, 0.29) is 11.6 Å². The Balaban J connectivity index is 2.75. The first kappa shape index (κ1) is 12.8. The average Bonchev–Trinajstić information content (AvgIpc) is 2.66. The largest absolute Gasteiger partial charge is 0.497 e. The van der Waals surface area contributed by atoms with Gasteiger partial charge in [0.25, 0.3) is 0 Å². The zero-order chi connectivity index (χ0) is 13.5. The number of rotatable bonds is 2. The summed E-state index contributed by atoms with van der Waals surface area (Å²) < 4.78 is 45.5. The molecule has 0 aliphatic carbocycles. The van der Waals surface area contributed by atoms with Crippen molar-refractivity contribution in [2.24, 2.45) is 0 Å². The molecule has 2 rings (SSSR count). The van der Waals surface area contributed by atoms with E-state index < -0.39 is 11.7 Å². The highest BCUT2D eigenvalue weighted by molar-refractivity contribution is 5.58. The highest BCUT2D eigenvalue weighted by Crippen LogP contribution is 2.37. The maximum atomic E-state index is 13.0. The molecule has 0 unspecified atom stereocenters. The molecule has 0 radical (unpaired) electrons. The fraction of sp³-hybridized carbons (Fsp3) is 0.385. The summed E-state index contributed by atoms with van der Waals surface area (Å²) >= 11 is 0. The van der Waals surface area contributed by atoms with Crippen LogP contribution >= 0.6 is 0 Å². The minimum Gasteiger partial charge on any atom is -0.497 e. The van der Waals surface area contributed by atoms with E-state index in [1.807, 2.05) is 0 Å². The number of hydrogen-bond acceptors (Lipinski definition) is 1. The Labute approximate surface area is 103 Å². The van der Waals surface area contributed by atoms with E-state index in [1.165, 1.54) is 7.11 Å². The highest BCUT2D eigenvalue weighted by Gasteiger charge is 2.36. The summed E-state index contributed by atoms with van der Waals surface area (Å²) in [7, 11) is 1.49. The summed E-state index contributed by atoms with van der Waals surface area (Å²) in [6.45, 7) is 3.50. The first-order valence-electron chi connectivity index (χ1n) is 5.60. The number of pyridine rings is 1. The van der Waals surface area contributed by atoms with Crippen molar-refractivity contribution >= 4 is 5.52 Å². The van der Waals surface area contributed by atoms with Crippen LogP contribution in [-0.4, -0.2) is 11.5 Å². The summed E-state index contributed by atoms with van der Waals surface area (Å²) in [5.74, 6) is 0.335. The van der Waals surface area contributed by atoms with E-state index in [9.17, 15) is 13.2 Å². The van der Waals surface area contributed by atoms with Gasteiger partial charge in [-0.3, -0.25) is 0 Å². The fourth-order valence-electron chi connectivity index (χ4n) is 2.12. The third-order valence-corrected chi connectivity index (χ3v) is 2.87. The maximum absolute atomic E-state index is 13.0. The number of aromatic nitrogens is 1. The molecule has 0 saturated heterocycles. The lowest BCUT2D eigenvalue weighted by Gasteiger charge is -2.12. The number of methoxy groups -OCH3 is 1. The lowest BCUT2D eigenvalue weighted by molar-refractivity contribution is -0.138. The third-order valence-electron chi connectivity index (χ3n) is 2.87. The quantitative estimate of drug-likeness (QED) is 0.790. The molecule has 0 saturated carbocycles. The van der Waals surface area contributed by atoms with Crippen LogP contribution in [0.4, 0.5) is 13.2 Å². The first-order valence-corrected chi connectivity index (χ1v) is 5.60. The van der Waals surface area contributed by atoms with Crippen LogP contribution in [0.1, 0.15) is 31.0 Å². The molecule has 2 nitrogen and oxygen atoms in total. The Morgan fingerprint density at radius 2 is 1.89 bits per heavy atom. The zero-order valence-corrected chi connectivity index (χ0v) is 10.4. The number of ether oxygens (including phenoxy) is 1. The van der Waals surface area contributed by atoms with Crippen LogP contribution in [0.25, 0.3) is 5.52 Å². The van der Waals surface area contributed by atoms with E-state index >= 15 is 0 Å². The van der Waals surface area contributed by atoms with E-state index in [4.69, 9.17) is 4.74 Å². The second-order valence-corrected chi connectivity index (χ2v) is 4.46. The standard InChI is InChI=1S/C13H14F3NO/c1-8(2)12-11(13(14,15)16)7-9-6-10(18-3)4-5-17(9)12/h4-8H,1-3H3. The molecule has 5 heteroatoms. The van der Waals surface area contributed by atoms with Gasteiger partial charge in [0.1, 0.15) is 5.75 Å². The Bertz CT molecular complexity index is 569. The van der Waals surface area contributed by atoms with Crippen molar-refractivity contribution in [3.8, 4) is 5.75 Å². The van der Waals surface area contributed by atoms with Crippen molar-refractivity contribution in [2.75, 3.05) is 7.11 Å². The van der Waals surface area contributed by atoms with Crippen molar-refractivity contribution < 1.29 is 17.9 Å². The summed E-state index contributed by atoms with van der Waals surface area (Å²) in [5, 5.41) is 0. The monoisotopic (exact) mass is 257 g/mol. The van der Waals surface area contributed by atoms with Crippen LogP contribution in [0.5, 0.6) is 5.75 Å². The molecular formula is C13H14F3NO. The fourth-order valence-corrected chi connectivity index (χ4v) is 2.12. The third kappa shape index (κ3) is 2.05. The molecular weight excluding hydrogens is 243 g/mol. The molecule has 98 valence electrons. The minimum atomic E-state index is -4.33. The average molecular weight is 257 g/mol. The lowest BCUT2D eigenvalue weighted by atomic mass is 10.1. The molecule has 2 heterocycles. The van der Waals surface area contributed by atoms with Crippen LogP contribution in [0.3, 0.4) is 0 Å². The van der Waals surface area contributed by atoms with Crippen LogP contribution in [0.15, 0.2) is 24.4 Å². The Hall–Kier alpha value is -1.65. The van der Waals surface area contributed by atoms with Gasteiger partial charge in [-0.25, -0.2) is 0 Å². The maximum Gasteiger partial charge on any atom is 0.418 e. The van der Waals surface area contributed by atoms with Gasteiger partial charge in [-0.05, 0) is 18.1 Å². The summed E-state index contributed by atoms with van der Waals surface area (Å²) in [6, 6.07) is 4.41. The van der Waals surface area contributed by atoms with Gasteiger partial charge in [0.05, 0.1) is 12.7 Å².